The number of hydrogen-bond acceptors (Lipinski definition) is 3. The van der Waals surface area contributed by atoms with Crippen LogP contribution in [0.3, 0.4) is 0 Å². The van der Waals surface area contributed by atoms with Gasteiger partial charge in [-0.15, -0.1) is 0 Å². The standard InChI is InChI=1S/C11H16N2O2/c1-10(12,11(2,13)9(14)15)8-6-4-3-5-7-8/h3-7H,12-13H2,1-2H3,(H,14,15)/t10-,11-/m0/s1. The zero-order chi connectivity index (χ0) is 11.7. The molecule has 1 rings (SSSR count). The lowest BCUT2D eigenvalue weighted by molar-refractivity contribution is -0.145. The molecule has 5 N–H and O–H groups in total. The number of rotatable bonds is 3. The van der Waals surface area contributed by atoms with Crippen LogP contribution in [0.5, 0.6) is 0 Å². The lowest BCUT2D eigenvalue weighted by Gasteiger charge is -2.37. The van der Waals surface area contributed by atoms with Crippen LogP contribution in [-0.4, -0.2) is 16.6 Å². The average Bonchev–Trinajstić information content (AvgIpc) is 2.18. The normalized spacial score (nSPS) is 18.9. The first-order chi connectivity index (χ1) is 6.80. The third kappa shape index (κ3) is 1.86. The van der Waals surface area contributed by atoms with Crippen molar-refractivity contribution in [1.29, 1.82) is 0 Å². The predicted octanol–water partition coefficient (Wildman–Crippen LogP) is 0.663. The Labute approximate surface area is 88.9 Å². The van der Waals surface area contributed by atoms with Gasteiger partial charge in [-0.2, -0.15) is 0 Å². The number of hydrogen-bond donors (Lipinski definition) is 3. The third-order valence-corrected chi connectivity index (χ3v) is 2.90. The monoisotopic (exact) mass is 208 g/mol. The van der Waals surface area contributed by atoms with Gasteiger partial charge in [-0.1, -0.05) is 30.3 Å². The number of carboxylic acids is 1. The number of carbonyl (C=O) groups is 1. The Morgan fingerprint density at radius 3 is 2.07 bits per heavy atom. The van der Waals surface area contributed by atoms with Crippen molar-refractivity contribution in [2.24, 2.45) is 11.5 Å². The van der Waals surface area contributed by atoms with Gasteiger partial charge in [-0.3, -0.25) is 4.79 Å². The van der Waals surface area contributed by atoms with Crippen molar-refractivity contribution < 1.29 is 9.90 Å². The lowest BCUT2D eigenvalue weighted by Crippen LogP contribution is -2.64. The molecular formula is C11H16N2O2. The van der Waals surface area contributed by atoms with Gasteiger partial charge < -0.3 is 16.6 Å². The molecule has 0 aliphatic rings. The molecular weight excluding hydrogens is 192 g/mol. The van der Waals surface area contributed by atoms with E-state index < -0.39 is 17.0 Å². The molecule has 15 heavy (non-hydrogen) atoms. The van der Waals surface area contributed by atoms with E-state index in [-0.39, 0.29) is 0 Å². The van der Waals surface area contributed by atoms with Crippen molar-refractivity contribution in [2.75, 3.05) is 0 Å². The van der Waals surface area contributed by atoms with E-state index in [2.05, 4.69) is 0 Å². The summed E-state index contributed by atoms with van der Waals surface area (Å²) in [5.41, 5.74) is 9.85. The van der Waals surface area contributed by atoms with Gasteiger partial charge in [0.1, 0.15) is 5.54 Å². The van der Waals surface area contributed by atoms with E-state index in [1.807, 2.05) is 6.07 Å². The highest BCUT2D eigenvalue weighted by molar-refractivity contribution is 5.80. The molecule has 4 nitrogen and oxygen atoms in total. The highest BCUT2D eigenvalue weighted by Crippen LogP contribution is 2.28. The molecule has 0 saturated carbocycles. The van der Waals surface area contributed by atoms with Crippen molar-refractivity contribution in [1.82, 2.24) is 0 Å². The summed E-state index contributed by atoms with van der Waals surface area (Å²) < 4.78 is 0. The first-order valence-corrected chi connectivity index (χ1v) is 4.67. The Morgan fingerprint density at radius 2 is 1.67 bits per heavy atom. The fraction of sp³-hybridized carbons (Fsp3) is 0.364. The average molecular weight is 208 g/mol. The zero-order valence-corrected chi connectivity index (χ0v) is 8.90. The summed E-state index contributed by atoms with van der Waals surface area (Å²) in [5, 5.41) is 9.03. The van der Waals surface area contributed by atoms with Gasteiger partial charge in [-0.25, -0.2) is 0 Å². The summed E-state index contributed by atoms with van der Waals surface area (Å²) in [4.78, 5) is 11.0. The van der Waals surface area contributed by atoms with Crippen LogP contribution in [0.2, 0.25) is 0 Å². The SMILES string of the molecule is C[C@](N)(C(=O)O)[C@@](C)(N)c1ccccc1. The molecule has 0 unspecified atom stereocenters. The summed E-state index contributed by atoms with van der Waals surface area (Å²) in [6, 6.07) is 8.99. The largest absolute Gasteiger partial charge is 0.480 e. The molecule has 2 atom stereocenters. The van der Waals surface area contributed by atoms with Gasteiger partial charge in [0.05, 0.1) is 5.54 Å². The quantitative estimate of drug-likeness (QED) is 0.680. The van der Waals surface area contributed by atoms with E-state index >= 15 is 0 Å². The Hall–Kier alpha value is -1.39. The summed E-state index contributed by atoms with van der Waals surface area (Å²) in [6.45, 7) is 3.04. The molecule has 0 fully saturated rings. The number of carboxylic acid groups (broad SMARTS) is 1. The minimum Gasteiger partial charge on any atom is -0.480 e. The molecule has 82 valence electrons. The fourth-order valence-corrected chi connectivity index (χ4v) is 1.31. The second-order valence-corrected chi connectivity index (χ2v) is 4.08. The first kappa shape index (κ1) is 11.7. The van der Waals surface area contributed by atoms with Crippen LogP contribution in [0.15, 0.2) is 30.3 Å². The van der Waals surface area contributed by atoms with Gasteiger partial charge >= 0.3 is 5.97 Å². The molecule has 0 heterocycles. The third-order valence-electron chi connectivity index (χ3n) is 2.90. The fourth-order valence-electron chi connectivity index (χ4n) is 1.31. The Kier molecular flexibility index (Phi) is 2.83. The van der Waals surface area contributed by atoms with Gasteiger partial charge in [0.15, 0.2) is 0 Å². The van der Waals surface area contributed by atoms with Gasteiger partial charge in [0, 0.05) is 0 Å². The van der Waals surface area contributed by atoms with Crippen molar-refractivity contribution in [3.8, 4) is 0 Å². The Balaban J connectivity index is 3.19. The molecule has 4 heteroatoms. The van der Waals surface area contributed by atoms with E-state index in [1.54, 1.807) is 31.2 Å². The minimum atomic E-state index is -1.51. The Morgan fingerprint density at radius 1 is 1.20 bits per heavy atom. The van der Waals surface area contributed by atoms with E-state index in [9.17, 15) is 4.79 Å². The van der Waals surface area contributed by atoms with E-state index in [0.717, 1.165) is 0 Å². The highest BCUT2D eigenvalue weighted by atomic mass is 16.4. The zero-order valence-electron chi connectivity index (χ0n) is 8.90. The maximum Gasteiger partial charge on any atom is 0.325 e. The molecule has 0 aliphatic heterocycles. The van der Waals surface area contributed by atoms with E-state index in [4.69, 9.17) is 16.6 Å². The van der Waals surface area contributed by atoms with Crippen LogP contribution < -0.4 is 11.5 Å². The molecule has 1 aromatic rings. The molecule has 0 aromatic heterocycles. The number of benzene rings is 1. The summed E-state index contributed by atoms with van der Waals surface area (Å²) in [7, 11) is 0. The van der Waals surface area contributed by atoms with Crippen LogP contribution in [-0.2, 0) is 10.3 Å². The summed E-state index contributed by atoms with van der Waals surface area (Å²) >= 11 is 0. The van der Waals surface area contributed by atoms with Crippen LogP contribution in [0.4, 0.5) is 0 Å². The second kappa shape index (κ2) is 3.64. The van der Waals surface area contributed by atoms with Crippen molar-refractivity contribution >= 4 is 5.97 Å². The van der Waals surface area contributed by atoms with Crippen LogP contribution in [0, 0.1) is 0 Å². The lowest BCUT2D eigenvalue weighted by atomic mass is 9.76. The number of nitrogens with two attached hydrogens (primary N) is 2. The minimum absolute atomic E-state index is 0.706. The smallest absolute Gasteiger partial charge is 0.325 e. The van der Waals surface area contributed by atoms with Crippen LogP contribution in [0.1, 0.15) is 19.4 Å². The van der Waals surface area contributed by atoms with Crippen molar-refractivity contribution in [3.05, 3.63) is 35.9 Å². The van der Waals surface area contributed by atoms with Crippen LogP contribution in [0.25, 0.3) is 0 Å². The molecule has 0 bridgehead atoms. The maximum atomic E-state index is 11.0. The molecule has 0 saturated heterocycles. The van der Waals surface area contributed by atoms with E-state index in [0.29, 0.717) is 5.56 Å². The number of aliphatic carboxylic acids is 1. The van der Waals surface area contributed by atoms with Gasteiger partial charge in [0.25, 0.3) is 0 Å². The second-order valence-electron chi connectivity index (χ2n) is 4.08. The molecule has 1 aromatic carbocycles. The summed E-state index contributed by atoms with van der Waals surface area (Å²) in [5.74, 6) is -1.11. The van der Waals surface area contributed by atoms with Gasteiger partial charge in [-0.05, 0) is 19.4 Å². The molecule has 0 amide bonds. The molecule has 0 radical (unpaired) electrons. The topological polar surface area (TPSA) is 89.3 Å². The van der Waals surface area contributed by atoms with Crippen molar-refractivity contribution in [2.45, 2.75) is 24.9 Å². The first-order valence-electron chi connectivity index (χ1n) is 4.67. The molecule has 0 spiro atoms. The predicted molar refractivity (Wildman–Crippen MR) is 58.2 cm³/mol. The van der Waals surface area contributed by atoms with E-state index in [1.165, 1.54) is 6.92 Å². The highest BCUT2D eigenvalue weighted by Gasteiger charge is 2.45. The summed E-state index contributed by atoms with van der Waals surface area (Å²) in [6.07, 6.45) is 0. The van der Waals surface area contributed by atoms with Gasteiger partial charge in [0.2, 0.25) is 0 Å². The van der Waals surface area contributed by atoms with Crippen LogP contribution >= 0.6 is 0 Å². The molecule has 0 aliphatic carbocycles. The maximum absolute atomic E-state index is 11.0. The Bertz CT molecular complexity index is 358. The van der Waals surface area contributed by atoms with Crippen molar-refractivity contribution in [3.63, 3.8) is 0 Å².